The quantitative estimate of drug-likeness (QED) is 0.132. The molecule has 0 heterocycles. The Labute approximate surface area is 208 Å². The summed E-state index contributed by atoms with van der Waals surface area (Å²) in [4.78, 5) is 21.6. The number of alkyl halides is 1. The largest absolute Gasteiger partial charge is 0.351 e. The van der Waals surface area contributed by atoms with Crippen molar-refractivity contribution in [2.24, 2.45) is 11.7 Å². The maximum absolute atomic E-state index is 11.3. The molecule has 0 aliphatic rings. The van der Waals surface area contributed by atoms with Crippen LogP contribution in [-0.2, 0) is 4.79 Å². The Bertz CT molecular complexity index is 439. The third kappa shape index (κ3) is 20.1. The van der Waals surface area contributed by atoms with E-state index in [1.807, 2.05) is 19.2 Å². The number of primary amides is 1. The minimum atomic E-state index is -0.814. The van der Waals surface area contributed by atoms with Crippen molar-refractivity contribution in [2.45, 2.75) is 155 Å². The first-order chi connectivity index (χ1) is 15.3. The zero-order valence-corrected chi connectivity index (χ0v) is 23.7. The molecule has 0 aromatic rings. The van der Waals surface area contributed by atoms with Crippen LogP contribution in [-0.4, -0.2) is 16.3 Å². The van der Waals surface area contributed by atoms with E-state index >= 15 is 0 Å². The van der Waals surface area contributed by atoms with E-state index in [1.165, 1.54) is 103 Å². The lowest BCUT2D eigenvalue weighted by molar-refractivity contribution is -0.122. The lowest BCUT2D eigenvalue weighted by Gasteiger charge is -2.21. The van der Waals surface area contributed by atoms with E-state index in [4.69, 9.17) is 5.73 Å². The number of halogens is 1. The molecule has 0 rings (SSSR count). The molecule has 32 heavy (non-hydrogen) atoms. The van der Waals surface area contributed by atoms with Crippen LogP contribution in [0.2, 0.25) is 0 Å². The van der Waals surface area contributed by atoms with Crippen LogP contribution in [0.5, 0.6) is 0 Å². The van der Waals surface area contributed by atoms with Crippen molar-refractivity contribution in [1.29, 1.82) is 0 Å². The first-order valence-corrected chi connectivity index (χ1v) is 14.4. The number of nitrogens with two attached hydrogens (primary N) is 1. The molecular weight excluding hydrogens is 464 g/mol. The fourth-order valence-corrected chi connectivity index (χ4v) is 4.05. The van der Waals surface area contributed by atoms with Gasteiger partial charge in [0.2, 0.25) is 5.91 Å². The number of urea groups is 1. The average Bonchev–Trinajstić information content (AvgIpc) is 2.78. The number of imide groups is 1. The summed E-state index contributed by atoms with van der Waals surface area (Å²) < 4.78 is -0.665. The van der Waals surface area contributed by atoms with Crippen molar-refractivity contribution in [3.63, 3.8) is 0 Å². The molecule has 0 fully saturated rings. The normalized spacial score (nSPS) is 12.1. The summed E-state index contributed by atoms with van der Waals surface area (Å²) in [6.07, 6.45) is 24.5. The van der Waals surface area contributed by atoms with E-state index in [1.54, 1.807) is 0 Å². The van der Waals surface area contributed by atoms with Crippen LogP contribution in [0.25, 0.3) is 0 Å². The molecule has 192 valence electrons. The third-order valence-electron chi connectivity index (χ3n) is 6.52. The summed E-state index contributed by atoms with van der Waals surface area (Å²) in [7, 11) is 0. The molecular formula is C27H55BrN2O2. The molecule has 3 N–H and O–H groups in total. The van der Waals surface area contributed by atoms with E-state index in [2.05, 4.69) is 36.7 Å². The molecule has 0 saturated heterocycles. The summed E-state index contributed by atoms with van der Waals surface area (Å²) in [5.41, 5.74) is 4.81. The zero-order chi connectivity index (χ0) is 24.7. The van der Waals surface area contributed by atoms with Crippen LogP contribution < -0.4 is 11.1 Å². The van der Waals surface area contributed by atoms with Crippen molar-refractivity contribution in [2.75, 3.05) is 0 Å². The summed E-state index contributed by atoms with van der Waals surface area (Å²) in [6, 6.07) is -0.814. The van der Waals surface area contributed by atoms with Gasteiger partial charge >= 0.3 is 6.03 Å². The molecule has 5 heteroatoms. The monoisotopic (exact) mass is 518 g/mol. The summed E-state index contributed by atoms with van der Waals surface area (Å²) in [5.74, 6) is 0.649. The Hall–Kier alpha value is -0.580. The van der Waals surface area contributed by atoms with Gasteiger partial charge in [0.25, 0.3) is 0 Å². The number of nitrogens with one attached hydrogen (secondary N) is 1. The van der Waals surface area contributed by atoms with E-state index in [9.17, 15) is 9.59 Å². The maximum Gasteiger partial charge on any atom is 0.318 e. The van der Waals surface area contributed by atoms with Gasteiger partial charge in [-0.15, -0.1) is 0 Å². The Morgan fingerprint density at radius 2 is 1.09 bits per heavy atom. The summed E-state index contributed by atoms with van der Waals surface area (Å²) in [6.45, 7) is 10.7. The van der Waals surface area contributed by atoms with Crippen LogP contribution in [0.1, 0.15) is 150 Å². The third-order valence-corrected chi connectivity index (χ3v) is 8.01. The summed E-state index contributed by atoms with van der Waals surface area (Å²) >= 11 is 3.26. The maximum atomic E-state index is 11.3. The molecule has 4 nitrogen and oxygen atoms in total. The first kappa shape index (κ1) is 33.6. The van der Waals surface area contributed by atoms with Crippen molar-refractivity contribution in [1.82, 2.24) is 5.32 Å². The standard InChI is InChI=1S/C20H42.C7H13BrN2O2/c1-4-7-9-11-12-13-14-15-17-19-20(6-3)18-16-10-8-5-2;1-3-7(8,4-2)5(11)10-6(9)12/h20H,4-19H2,1-3H3;3-4H2,1-2H3,(H3,9,10,11,12). The van der Waals surface area contributed by atoms with Crippen LogP contribution in [0.3, 0.4) is 0 Å². The molecule has 3 amide bonds. The van der Waals surface area contributed by atoms with Gasteiger partial charge < -0.3 is 5.73 Å². The van der Waals surface area contributed by atoms with Crippen LogP contribution in [0.15, 0.2) is 0 Å². The Balaban J connectivity index is 0. The molecule has 0 aliphatic heterocycles. The molecule has 1 atom stereocenters. The highest BCUT2D eigenvalue weighted by molar-refractivity contribution is 9.10. The summed E-state index contributed by atoms with van der Waals surface area (Å²) in [5, 5.41) is 2.04. The fourth-order valence-electron chi connectivity index (χ4n) is 3.95. The SMILES string of the molecule is CCC(Br)(CC)C(=O)NC(N)=O.CCCCCCCCCCCC(CC)CCCCCC. The van der Waals surface area contributed by atoms with Gasteiger partial charge in [0.05, 0.1) is 0 Å². The van der Waals surface area contributed by atoms with Gasteiger partial charge in [0.1, 0.15) is 4.32 Å². The Morgan fingerprint density at radius 1 is 0.719 bits per heavy atom. The second kappa shape index (κ2) is 23.6. The molecule has 0 spiro atoms. The number of hydrogen-bond acceptors (Lipinski definition) is 2. The van der Waals surface area contributed by atoms with Crippen molar-refractivity contribution >= 4 is 27.9 Å². The number of rotatable bonds is 19. The van der Waals surface area contributed by atoms with E-state index < -0.39 is 10.4 Å². The number of amides is 3. The van der Waals surface area contributed by atoms with Crippen LogP contribution in [0, 0.1) is 5.92 Å². The van der Waals surface area contributed by atoms with E-state index in [-0.39, 0.29) is 5.91 Å². The topological polar surface area (TPSA) is 72.2 Å². The van der Waals surface area contributed by atoms with Gasteiger partial charge in [-0.3, -0.25) is 10.1 Å². The zero-order valence-electron chi connectivity index (χ0n) is 22.1. The predicted octanol–water partition coefficient (Wildman–Crippen LogP) is 9.04. The van der Waals surface area contributed by atoms with Gasteiger partial charge in [0, 0.05) is 0 Å². The van der Waals surface area contributed by atoms with Crippen molar-refractivity contribution < 1.29 is 9.59 Å². The molecule has 0 radical (unpaired) electrons. The van der Waals surface area contributed by atoms with Crippen molar-refractivity contribution in [3.05, 3.63) is 0 Å². The minimum Gasteiger partial charge on any atom is -0.351 e. The Morgan fingerprint density at radius 3 is 1.44 bits per heavy atom. The number of carbonyl (C=O) groups excluding carboxylic acids is 2. The second-order valence-corrected chi connectivity index (χ2v) is 10.7. The van der Waals surface area contributed by atoms with Crippen LogP contribution in [0.4, 0.5) is 4.79 Å². The molecule has 0 bridgehead atoms. The van der Waals surface area contributed by atoms with E-state index in [0.29, 0.717) is 12.8 Å². The molecule has 0 aromatic heterocycles. The lowest BCUT2D eigenvalue weighted by Crippen LogP contribution is -2.46. The van der Waals surface area contributed by atoms with Gasteiger partial charge in [-0.1, -0.05) is 153 Å². The van der Waals surface area contributed by atoms with Gasteiger partial charge in [0.15, 0.2) is 0 Å². The van der Waals surface area contributed by atoms with E-state index in [0.717, 1.165) is 5.92 Å². The van der Waals surface area contributed by atoms with Gasteiger partial charge in [-0.05, 0) is 18.8 Å². The lowest BCUT2D eigenvalue weighted by atomic mass is 9.92. The molecule has 1 unspecified atom stereocenters. The predicted molar refractivity (Wildman–Crippen MR) is 144 cm³/mol. The van der Waals surface area contributed by atoms with Gasteiger partial charge in [-0.25, -0.2) is 4.79 Å². The van der Waals surface area contributed by atoms with Crippen molar-refractivity contribution in [3.8, 4) is 0 Å². The highest BCUT2D eigenvalue weighted by atomic mass is 79.9. The first-order valence-electron chi connectivity index (χ1n) is 13.6. The Kier molecular flexibility index (Phi) is 24.7. The molecule has 0 aliphatic carbocycles. The number of hydrogen-bond donors (Lipinski definition) is 2. The number of carbonyl (C=O) groups is 2. The average molecular weight is 520 g/mol. The van der Waals surface area contributed by atoms with Gasteiger partial charge in [-0.2, -0.15) is 0 Å². The molecule has 0 saturated carbocycles. The minimum absolute atomic E-state index is 0.375. The highest BCUT2D eigenvalue weighted by Crippen LogP contribution is 2.26. The number of unbranched alkanes of at least 4 members (excludes halogenated alkanes) is 11. The second-order valence-electron chi connectivity index (χ2n) is 9.23. The van der Waals surface area contributed by atoms with Crippen LogP contribution >= 0.6 is 15.9 Å². The molecule has 0 aromatic carbocycles. The smallest absolute Gasteiger partial charge is 0.318 e. The fraction of sp³-hybridized carbons (Fsp3) is 0.926. The highest BCUT2D eigenvalue weighted by Gasteiger charge is 2.32.